The Labute approximate surface area is 238 Å². The molecule has 0 spiro atoms. The molecule has 0 aliphatic heterocycles. The maximum absolute atomic E-state index is 12.5. The van der Waals surface area contributed by atoms with Crippen LogP contribution < -0.4 is 10.2 Å². The SMILES string of the molecule is CCN(C)c1nc2cnc(-c3ncn(COCC[Si](C)(C)C)n3)cc2n1[C@@H]1CCC[C@H](NC(=O)OC(C)(C)C)C1. The van der Waals surface area contributed by atoms with Crippen LogP contribution in [0, 0.1) is 0 Å². The topological polar surface area (TPSA) is 112 Å². The van der Waals surface area contributed by atoms with Crippen LogP contribution in [0.15, 0.2) is 18.6 Å². The van der Waals surface area contributed by atoms with Crippen LogP contribution in [0.4, 0.5) is 10.7 Å². The first-order valence-electron chi connectivity index (χ1n) is 14.4. The molecule has 3 heterocycles. The van der Waals surface area contributed by atoms with E-state index in [1.165, 1.54) is 0 Å². The first kappa shape index (κ1) is 30.0. The van der Waals surface area contributed by atoms with Crippen molar-refractivity contribution in [3.8, 4) is 11.5 Å². The summed E-state index contributed by atoms with van der Waals surface area (Å²) >= 11 is 0. The van der Waals surface area contributed by atoms with E-state index >= 15 is 0 Å². The summed E-state index contributed by atoms with van der Waals surface area (Å²) in [7, 11) is 0.913. The molecule has 1 saturated carbocycles. The molecule has 1 amide bonds. The van der Waals surface area contributed by atoms with Crippen molar-refractivity contribution in [2.45, 2.75) is 103 Å². The number of ether oxygens (including phenoxy) is 2. The maximum atomic E-state index is 12.5. The van der Waals surface area contributed by atoms with E-state index in [1.807, 2.05) is 26.8 Å². The summed E-state index contributed by atoms with van der Waals surface area (Å²) in [5.74, 6) is 1.45. The lowest BCUT2D eigenvalue weighted by molar-refractivity contribution is 0.0486. The third-order valence-corrected chi connectivity index (χ3v) is 8.80. The molecular weight excluding hydrogens is 524 g/mol. The number of hydrogen-bond donors (Lipinski definition) is 1. The number of nitrogens with zero attached hydrogens (tertiary/aromatic N) is 7. The van der Waals surface area contributed by atoms with Crippen molar-refractivity contribution in [3.63, 3.8) is 0 Å². The Bertz CT molecular complexity index is 1290. The van der Waals surface area contributed by atoms with Crippen molar-refractivity contribution >= 4 is 31.1 Å². The van der Waals surface area contributed by atoms with Crippen molar-refractivity contribution in [2.24, 2.45) is 0 Å². The minimum Gasteiger partial charge on any atom is -0.444 e. The average molecular weight is 571 g/mol. The van der Waals surface area contributed by atoms with Crippen molar-refractivity contribution in [1.29, 1.82) is 0 Å². The number of aromatic nitrogens is 6. The molecule has 3 aromatic heterocycles. The fourth-order valence-corrected chi connectivity index (χ4v) is 5.65. The molecule has 2 atom stereocenters. The number of carbonyl (C=O) groups excluding carboxylic acids is 1. The van der Waals surface area contributed by atoms with Gasteiger partial charge in [0.1, 0.15) is 29.9 Å². The molecule has 0 aromatic carbocycles. The summed E-state index contributed by atoms with van der Waals surface area (Å²) in [5, 5.41) is 7.72. The standard InChI is InChI=1S/C28H46N8O3Si/c1-9-34(5)26-32-23-17-29-22(25-30-18-35(33-25)19-38-13-14-40(6,7)8)16-24(23)36(26)21-12-10-11-20(15-21)31-27(37)39-28(2,3)4/h16-18,20-21H,9-15,19H2,1-8H3,(H,31,37)/t20-,21+/m0/s1. The lowest BCUT2D eigenvalue weighted by Gasteiger charge is -2.33. The smallest absolute Gasteiger partial charge is 0.407 e. The highest BCUT2D eigenvalue weighted by atomic mass is 28.3. The number of anilines is 1. The van der Waals surface area contributed by atoms with Gasteiger partial charge < -0.3 is 24.3 Å². The molecule has 0 unspecified atom stereocenters. The van der Waals surface area contributed by atoms with Crippen LogP contribution in [0.5, 0.6) is 0 Å². The number of rotatable bonds is 10. The number of fused-ring (bicyclic) bond motifs is 1. The molecule has 12 heteroatoms. The predicted octanol–water partition coefficient (Wildman–Crippen LogP) is 5.47. The van der Waals surface area contributed by atoms with Crippen LogP contribution >= 0.6 is 0 Å². The van der Waals surface area contributed by atoms with E-state index in [9.17, 15) is 4.79 Å². The van der Waals surface area contributed by atoms with E-state index in [0.717, 1.165) is 61.9 Å². The van der Waals surface area contributed by atoms with Gasteiger partial charge in [0.05, 0.1) is 11.7 Å². The van der Waals surface area contributed by atoms with Gasteiger partial charge in [-0.25, -0.2) is 19.4 Å². The Morgan fingerprint density at radius 2 is 2.00 bits per heavy atom. The summed E-state index contributed by atoms with van der Waals surface area (Å²) in [4.78, 5) is 28.8. The Kier molecular flexibility index (Phi) is 9.18. The number of pyridine rings is 1. The van der Waals surface area contributed by atoms with Gasteiger partial charge in [0, 0.05) is 40.4 Å². The summed E-state index contributed by atoms with van der Waals surface area (Å²) in [6.07, 6.45) is 6.86. The molecular formula is C28H46N8O3Si. The minimum absolute atomic E-state index is 0.0328. The average Bonchev–Trinajstić information content (AvgIpc) is 3.49. The number of alkyl carbamates (subject to hydrolysis) is 1. The molecule has 3 aromatic rings. The lowest BCUT2D eigenvalue weighted by atomic mass is 9.90. The van der Waals surface area contributed by atoms with Crippen molar-refractivity contribution in [3.05, 3.63) is 18.6 Å². The quantitative estimate of drug-likeness (QED) is 0.252. The van der Waals surface area contributed by atoms with E-state index in [0.29, 0.717) is 18.2 Å². The molecule has 0 radical (unpaired) electrons. The van der Waals surface area contributed by atoms with Crippen LogP contribution in [0.1, 0.15) is 59.4 Å². The molecule has 1 aliphatic rings. The van der Waals surface area contributed by atoms with Gasteiger partial charge in [-0.3, -0.25) is 4.98 Å². The second-order valence-electron chi connectivity index (χ2n) is 13.0. The number of nitrogens with one attached hydrogen (secondary N) is 1. The number of imidazole rings is 1. The van der Waals surface area contributed by atoms with E-state index < -0.39 is 13.7 Å². The highest BCUT2D eigenvalue weighted by molar-refractivity contribution is 6.76. The minimum atomic E-state index is -1.14. The highest BCUT2D eigenvalue weighted by Gasteiger charge is 2.30. The summed E-state index contributed by atoms with van der Waals surface area (Å²) in [6.45, 7) is 16.7. The van der Waals surface area contributed by atoms with Gasteiger partial charge in [-0.15, -0.1) is 5.10 Å². The Morgan fingerprint density at radius 3 is 2.70 bits per heavy atom. The normalized spacial score (nSPS) is 18.2. The molecule has 1 aliphatic carbocycles. The number of hydrogen-bond acceptors (Lipinski definition) is 8. The first-order chi connectivity index (χ1) is 18.8. The van der Waals surface area contributed by atoms with Gasteiger partial charge in [0.2, 0.25) is 5.95 Å². The van der Waals surface area contributed by atoms with Crippen molar-refractivity contribution in [2.75, 3.05) is 25.1 Å². The van der Waals surface area contributed by atoms with Crippen LogP contribution in [-0.4, -0.2) is 75.3 Å². The first-order valence-corrected chi connectivity index (χ1v) is 18.1. The Balaban J connectivity index is 1.57. The van der Waals surface area contributed by atoms with Crippen LogP contribution in [0.25, 0.3) is 22.6 Å². The molecule has 220 valence electrons. The molecule has 40 heavy (non-hydrogen) atoms. The Hall–Kier alpha value is -2.99. The molecule has 0 bridgehead atoms. The molecule has 1 N–H and O–H groups in total. The third-order valence-electron chi connectivity index (χ3n) is 7.09. The zero-order chi connectivity index (χ0) is 29.1. The van der Waals surface area contributed by atoms with Crippen molar-refractivity contribution in [1.82, 2.24) is 34.6 Å². The summed E-state index contributed by atoms with van der Waals surface area (Å²) in [6, 6.07) is 3.35. The monoisotopic (exact) mass is 570 g/mol. The summed E-state index contributed by atoms with van der Waals surface area (Å²) < 4.78 is 15.4. The molecule has 0 saturated heterocycles. The highest BCUT2D eigenvalue weighted by Crippen LogP contribution is 2.36. The fraction of sp³-hybridized carbons (Fsp3) is 0.679. The zero-order valence-corrected chi connectivity index (χ0v) is 26.4. The van der Waals surface area contributed by atoms with Gasteiger partial charge in [-0.2, -0.15) is 0 Å². The van der Waals surface area contributed by atoms with Gasteiger partial charge in [-0.05, 0) is 65.5 Å². The van der Waals surface area contributed by atoms with Crippen LogP contribution in [0.2, 0.25) is 25.7 Å². The number of carbonyl (C=O) groups is 1. The molecule has 4 rings (SSSR count). The lowest BCUT2D eigenvalue weighted by Crippen LogP contribution is -2.42. The van der Waals surface area contributed by atoms with E-state index in [-0.39, 0.29) is 18.2 Å². The van der Waals surface area contributed by atoms with Gasteiger partial charge in [0.15, 0.2) is 5.82 Å². The predicted molar refractivity (Wildman–Crippen MR) is 160 cm³/mol. The fourth-order valence-electron chi connectivity index (χ4n) is 4.89. The molecule has 1 fully saturated rings. The second-order valence-corrected chi connectivity index (χ2v) is 18.6. The Morgan fingerprint density at radius 1 is 1.23 bits per heavy atom. The third kappa shape index (κ3) is 7.81. The van der Waals surface area contributed by atoms with Gasteiger partial charge >= 0.3 is 6.09 Å². The molecule has 11 nitrogen and oxygen atoms in total. The largest absolute Gasteiger partial charge is 0.444 e. The van der Waals surface area contributed by atoms with Crippen molar-refractivity contribution < 1.29 is 14.3 Å². The maximum Gasteiger partial charge on any atom is 0.407 e. The number of amides is 1. The van der Waals surface area contributed by atoms with Crippen LogP contribution in [-0.2, 0) is 16.2 Å². The van der Waals surface area contributed by atoms with Gasteiger partial charge in [-0.1, -0.05) is 19.6 Å². The van der Waals surface area contributed by atoms with E-state index in [2.05, 4.69) is 63.5 Å². The van der Waals surface area contributed by atoms with E-state index in [1.54, 1.807) is 17.2 Å². The van der Waals surface area contributed by atoms with E-state index in [4.69, 9.17) is 14.5 Å². The second kappa shape index (κ2) is 12.3. The van der Waals surface area contributed by atoms with Gasteiger partial charge in [0.25, 0.3) is 0 Å². The van der Waals surface area contributed by atoms with Crippen LogP contribution in [0.3, 0.4) is 0 Å². The zero-order valence-electron chi connectivity index (χ0n) is 25.4. The summed E-state index contributed by atoms with van der Waals surface area (Å²) in [5.41, 5.74) is 1.99.